The standard InChI is InChI=1S/C25H23ClN6OS/c26-20-11-9-19(10-12-20)24-28-29-25(32(24)21-6-2-1-3-7-21)34-18-23(33)31-16-14-30(15-17-31)22-8-4-5-13-27-22/h1-13H,14-18H2. The van der Waals surface area contributed by atoms with Gasteiger partial charge < -0.3 is 9.80 Å². The molecule has 1 aliphatic heterocycles. The van der Waals surface area contributed by atoms with E-state index in [0.29, 0.717) is 34.8 Å². The van der Waals surface area contributed by atoms with Crippen LogP contribution >= 0.6 is 23.4 Å². The van der Waals surface area contributed by atoms with Crippen LogP contribution in [0.15, 0.2) is 84.1 Å². The number of rotatable bonds is 6. The van der Waals surface area contributed by atoms with E-state index in [0.717, 1.165) is 30.2 Å². The highest BCUT2D eigenvalue weighted by Crippen LogP contribution is 2.29. The minimum atomic E-state index is 0.0984. The summed E-state index contributed by atoms with van der Waals surface area (Å²) in [5.74, 6) is 2.06. The van der Waals surface area contributed by atoms with E-state index in [1.165, 1.54) is 11.8 Å². The lowest BCUT2D eigenvalue weighted by molar-refractivity contribution is -0.128. The van der Waals surface area contributed by atoms with Gasteiger partial charge in [-0.3, -0.25) is 9.36 Å². The predicted octanol–water partition coefficient (Wildman–Crippen LogP) is 4.42. The topological polar surface area (TPSA) is 67.2 Å². The third-order valence-corrected chi connectivity index (χ3v) is 6.85. The molecule has 3 heterocycles. The van der Waals surface area contributed by atoms with Crippen molar-refractivity contribution in [2.24, 2.45) is 0 Å². The zero-order chi connectivity index (χ0) is 23.3. The number of halogens is 1. The smallest absolute Gasteiger partial charge is 0.233 e. The third kappa shape index (κ3) is 4.93. The number of hydrogen-bond acceptors (Lipinski definition) is 6. The van der Waals surface area contributed by atoms with Crippen molar-refractivity contribution in [2.45, 2.75) is 5.16 Å². The van der Waals surface area contributed by atoms with Crippen LogP contribution in [-0.4, -0.2) is 62.5 Å². The highest BCUT2D eigenvalue weighted by molar-refractivity contribution is 7.99. The molecule has 0 bridgehead atoms. The molecule has 0 spiro atoms. The van der Waals surface area contributed by atoms with E-state index in [4.69, 9.17) is 11.6 Å². The Morgan fingerprint density at radius 1 is 0.882 bits per heavy atom. The second kappa shape index (κ2) is 10.3. The molecule has 9 heteroatoms. The second-order valence-electron chi connectivity index (χ2n) is 7.83. The Balaban J connectivity index is 1.29. The Morgan fingerprint density at radius 3 is 2.32 bits per heavy atom. The van der Waals surface area contributed by atoms with Crippen molar-refractivity contribution in [3.8, 4) is 17.1 Å². The first-order chi connectivity index (χ1) is 16.7. The average molecular weight is 491 g/mol. The van der Waals surface area contributed by atoms with Crippen molar-refractivity contribution >= 4 is 35.1 Å². The van der Waals surface area contributed by atoms with Crippen LogP contribution in [0.5, 0.6) is 0 Å². The van der Waals surface area contributed by atoms with Gasteiger partial charge in [-0.25, -0.2) is 4.98 Å². The molecular formula is C25H23ClN6OS. The number of thioether (sulfide) groups is 1. The van der Waals surface area contributed by atoms with Gasteiger partial charge in [-0.05, 0) is 48.5 Å². The number of aromatic nitrogens is 4. The van der Waals surface area contributed by atoms with Gasteiger partial charge in [0.15, 0.2) is 11.0 Å². The quantitative estimate of drug-likeness (QED) is 0.373. The summed E-state index contributed by atoms with van der Waals surface area (Å²) in [6.45, 7) is 2.90. The van der Waals surface area contributed by atoms with Crippen LogP contribution in [-0.2, 0) is 4.79 Å². The molecule has 0 saturated carbocycles. The van der Waals surface area contributed by atoms with Crippen molar-refractivity contribution < 1.29 is 4.79 Å². The molecule has 1 aliphatic rings. The number of carbonyl (C=O) groups is 1. The second-order valence-corrected chi connectivity index (χ2v) is 9.21. The molecule has 0 radical (unpaired) electrons. The number of anilines is 1. The summed E-state index contributed by atoms with van der Waals surface area (Å²) in [6.07, 6.45) is 1.80. The van der Waals surface area contributed by atoms with E-state index in [1.54, 1.807) is 6.20 Å². The van der Waals surface area contributed by atoms with E-state index < -0.39 is 0 Å². The Labute approximate surface area is 207 Å². The number of pyridine rings is 1. The lowest BCUT2D eigenvalue weighted by Crippen LogP contribution is -2.49. The van der Waals surface area contributed by atoms with Crippen molar-refractivity contribution in [3.63, 3.8) is 0 Å². The van der Waals surface area contributed by atoms with E-state index in [-0.39, 0.29) is 5.91 Å². The van der Waals surface area contributed by atoms with Crippen molar-refractivity contribution in [1.29, 1.82) is 0 Å². The molecule has 1 fully saturated rings. The molecule has 34 heavy (non-hydrogen) atoms. The molecule has 2 aromatic carbocycles. The molecule has 1 amide bonds. The van der Waals surface area contributed by atoms with Gasteiger partial charge in [0.1, 0.15) is 5.82 Å². The van der Waals surface area contributed by atoms with E-state index in [2.05, 4.69) is 20.1 Å². The number of nitrogens with zero attached hydrogens (tertiary/aromatic N) is 6. The molecule has 0 aliphatic carbocycles. The molecule has 7 nitrogen and oxygen atoms in total. The summed E-state index contributed by atoms with van der Waals surface area (Å²) in [5, 5.41) is 10.2. The van der Waals surface area contributed by atoms with Gasteiger partial charge in [0.05, 0.1) is 5.75 Å². The van der Waals surface area contributed by atoms with E-state index >= 15 is 0 Å². The maximum Gasteiger partial charge on any atom is 0.233 e. The van der Waals surface area contributed by atoms with Gasteiger partial charge in [-0.15, -0.1) is 10.2 Å². The fourth-order valence-electron chi connectivity index (χ4n) is 3.90. The number of piperazine rings is 1. The van der Waals surface area contributed by atoms with Crippen LogP contribution in [0, 0.1) is 0 Å². The summed E-state index contributed by atoms with van der Waals surface area (Å²) in [7, 11) is 0. The molecule has 1 saturated heterocycles. The minimum absolute atomic E-state index is 0.0984. The monoisotopic (exact) mass is 490 g/mol. The Bertz CT molecular complexity index is 1240. The van der Waals surface area contributed by atoms with Crippen molar-refractivity contribution in [1.82, 2.24) is 24.6 Å². The largest absolute Gasteiger partial charge is 0.353 e. The fraction of sp³-hybridized carbons (Fsp3) is 0.200. The summed E-state index contributed by atoms with van der Waals surface area (Å²) >= 11 is 7.47. The Hall–Kier alpha value is -3.36. The minimum Gasteiger partial charge on any atom is -0.353 e. The van der Waals surface area contributed by atoms with Crippen LogP contribution < -0.4 is 4.90 Å². The van der Waals surface area contributed by atoms with Gasteiger partial charge >= 0.3 is 0 Å². The average Bonchev–Trinajstić information content (AvgIpc) is 3.33. The van der Waals surface area contributed by atoms with Crippen LogP contribution in [0.25, 0.3) is 17.1 Å². The van der Waals surface area contributed by atoms with Gasteiger partial charge in [0, 0.05) is 48.6 Å². The molecule has 4 aromatic rings. The van der Waals surface area contributed by atoms with Crippen molar-refractivity contribution in [3.05, 3.63) is 84.0 Å². The SMILES string of the molecule is O=C(CSc1nnc(-c2ccc(Cl)cc2)n1-c1ccccc1)N1CCN(c2ccccn2)CC1. The molecule has 172 valence electrons. The molecule has 2 aromatic heterocycles. The van der Waals surface area contributed by atoms with Crippen LogP contribution in [0.2, 0.25) is 5.02 Å². The van der Waals surface area contributed by atoms with Crippen LogP contribution in [0.1, 0.15) is 0 Å². The summed E-state index contributed by atoms with van der Waals surface area (Å²) in [6, 6.07) is 23.3. The number of para-hydroxylation sites is 1. The normalized spacial score (nSPS) is 13.8. The molecule has 0 N–H and O–H groups in total. The van der Waals surface area contributed by atoms with Crippen molar-refractivity contribution in [2.75, 3.05) is 36.8 Å². The lowest BCUT2D eigenvalue weighted by Gasteiger charge is -2.35. The zero-order valence-corrected chi connectivity index (χ0v) is 20.0. The first kappa shape index (κ1) is 22.4. The number of hydrogen-bond donors (Lipinski definition) is 0. The van der Waals surface area contributed by atoms with E-state index in [9.17, 15) is 4.79 Å². The first-order valence-electron chi connectivity index (χ1n) is 11.0. The summed E-state index contributed by atoms with van der Waals surface area (Å²) in [5.41, 5.74) is 1.85. The molecule has 0 unspecified atom stereocenters. The maximum absolute atomic E-state index is 13.0. The van der Waals surface area contributed by atoms with Crippen LogP contribution in [0.4, 0.5) is 5.82 Å². The molecule has 5 rings (SSSR count). The molecule has 0 atom stereocenters. The predicted molar refractivity (Wildman–Crippen MR) is 136 cm³/mol. The highest BCUT2D eigenvalue weighted by atomic mass is 35.5. The maximum atomic E-state index is 13.0. The van der Waals surface area contributed by atoms with Gasteiger partial charge in [0.2, 0.25) is 5.91 Å². The van der Waals surface area contributed by atoms with E-state index in [1.807, 2.05) is 82.3 Å². The number of carbonyl (C=O) groups excluding carboxylic acids is 1. The third-order valence-electron chi connectivity index (χ3n) is 5.68. The molecular weight excluding hydrogens is 468 g/mol. The Morgan fingerprint density at radius 2 is 1.62 bits per heavy atom. The summed E-state index contributed by atoms with van der Waals surface area (Å²) in [4.78, 5) is 21.5. The van der Waals surface area contributed by atoms with Crippen LogP contribution in [0.3, 0.4) is 0 Å². The highest BCUT2D eigenvalue weighted by Gasteiger charge is 2.23. The summed E-state index contributed by atoms with van der Waals surface area (Å²) < 4.78 is 1.99. The van der Waals surface area contributed by atoms with Gasteiger partial charge in [-0.2, -0.15) is 0 Å². The fourth-order valence-corrected chi connectivity index (χ4v) is 4.88. The lowest BCUT2D eigenvalue weighted by atomic mass is 10.2. The Kier molecular flexibility index (Phi) is 6.78. The number of amides is 1. The number of benzene rings is 2. The zero-order valence-electron chi connectivity index (χ0n) is 18.4. The van der Waals surface area contributed by atoms with Gasteiger partial charge in [-0.1, -0.05) is 47.6 Å². The van der Waals surface area contributed by atoms with Gasteiger partial charge in [0.25, 0.3) is 0 Å². The first-order valence-corrected chi connectivity index (χ1v) is 12.4.